The van der Waals surface area contributed by atoms with E-state index in [0.29, 0.717) is 23.3 Å². The van der Waals surface area contributed by atoms with E-state index in [9.17, 15) is 8.42 Å². The fourth-order valence-electron chi connectivity index (χ4n) is 3.07. The minimum atomic E-state index is -3.40. The first kappa shape index (κ1) is 12.7. The zero-order valence-electron chi connectivity index (χ0n) is 11.3. The second-order valence-corrected chi connectivity index (χ2v) is 7.90. The van der Waals surface area contributed by atoms with Crippen LogP contribution < -0.4 is 9.46 Å². The third-order valence-electron chi connectivity index (χ3n) is 4.52. The normalized spacial score (nSPS) is 21.9. The predicted molar refractivity (Wildman–Crippen MR) is 75.2 cm³/mol. The number of nitrogens with one attached hydrogen (secondary N) is 1. The Kier molecular flexibility index (Phi) is 2.82. The molecule has 0 unspecified atom stereocenters. The molecule has 0 aromatic heterocycles. The van der Waals surface area contributed by atoms with Crippen LogP contribution in [0.2, 0.25) is 0 Å². The third-order valence-corrected chi connectivity index (χ3v) is 5.98. The molecule has 0 bridgehead atoms. The van der Waals surface area contributed by atoms with Gasteiger partial charge in [-0.05, 0) is 61.3 Å². The van der Waals surface area contributed by atoms with Gasteiger partial charge >= 0.3 is 0 Å². The standard InChI is InChI=1S/C15H19NO3S/c17-20(18,16-15(10-1-2-10)11-3-4-11)13-5-6-14-12(9-13)7-8-19-14/h5-6,9-11,15-16H,1-4,7-8H2. The van der Waals surface area contributed by atoms with E-state index in [0.717, 1.165) is 17.7 Å². The van der Waals surface area contributed by atoms with Crippen LogP contribution in [0, 0.1) is 11.8 Å². The topological polar surface area (TPSA) is 55.4 Å². The van der Waals surface area contributed by atoms with Gasteiger partial charge in [-0.15, -0.1) is 0 Å². The minimum absolute atomic E-state index is 0.157. The highest BCUT2D eigenvalue weighted by atomic mass is 32.2. The molecular weight excluding hydrogens is 274 g/mol. The minimum Gasteiger partial charge on any atom is -0.493 e. The average molecular weight is 293 g/mol. The van der Waals surface area contributed by atoms with Crippen molar-refractivity contribution in [3.63, 3.8) is 0 Å². The fourth-order valence-corrected chi connectivity index (χ4v) is 4.49. The Bertz CT molecular complexity index is 621. The fraction of sp³-hybridized carbons (Fsp3) is 0.600. The Morgan fingerprint density at radius 3 is 2.50 bits per heavy atom. The summed E-state index contributed by atoms with van der Waals surface area (Å²) >= 11 is 0. The zero-order chi connectivity index (χ0) is 13.7. The Balaban J connectivity index is 1.59. The molecule has 0 saturated heterocycles. The number of sulfonamides is 1. The highest BCUT2D eigenvalue weighted by Crippen LogP contribution is 2.45. The molecule has 0 spiro atoms. The van der Waals surface area contributed by atoms with Crippen molar-refractivity contribution in [1.29, 1.82) is 0 Å². The Morgan fingerprint density at radius 1 is 1.15 bits per heavy atom. The molecule has 1 N–H and O–H groups in total. The first-order valence-corrected chi connectivity index (χ1v) is 8.90. The maximum atomic E-state index is 12.6. The van der Waals surface area contributed by atoms with Gasteiger partial charge in [0.05, 0.1) is 11.5 Å². The van der Waals surface area contributed by atoms with Crippen molar-refractivity contribution >= 4 is 10.0 Å². The molecular formula is C15H19NO3S. The van der Waals surface area contributed by atoms with Crippen LogP contribution in [-0.2, 0) is 16.4 Å². The van der Waals surface area contributed by atoms with Crippen LogP contribution in [0.5, 0.6) is 5.75 Å². The van der Waals surface area contributed by atoms with Gasteiger partial charge in [0.2, 0.25) is 10.0 Å². The number of hydrogen-bond acceptors (Lipinski definition) is 3. The van der Waals surface area contributed by atoms with Crippen LogP contribution >= 0.6 is 0 Å². The molecule has 1 aromatic rings. The van der Waals surface area contributed by atoms with Gasteiger partial charge in [-0.1, -0.05) is 0 Å². The van der Waals surface area contributed by atoms with Crippen molar-refractivity contribution in [2.45, 2.75) is 43.0 Å². The van der Waals surface area contributed by atoms with Crippen LogP contribution in [0.15, 0.2) is 23.1 Å². The number of benzene rings is 1. The summed E-state index contributed by atoms with van der Waals surface area (Å²) < 4.78 is 33.5. The molecule has 108 valence electrons. The van der Waals surface area contributed by atoms with Gasteiger partial charge in [0, 0.05) is 12.5 Å². The molecule has 0 amide bonds. The predicted octanol–water partition coefficient (Wildman–Crippen LogP) is 2.09. The Labute approximate surface area is 119 Å². The average Bonchev–Trinajstić information content (AvgIpc) is 3.33. The molecule has 4 rings (SSSR count). The summed E-state index contributed by atoms with van der Waals surface area (Å²) in [5, 5.41) is 0. The van der Waals surface area contributed by atoms with Gasteiger partial charge in [-0.2, -0.15) is 0 Å². The van der Waals surface area contributed by atoms with Crippen LogP contribution in [0.3, 0.4) is 0 Å². The van der Waals surface area contributed by atoms with Crippen LogP contribution in [0.25, 0.3) is 0 Å². The van der Waals surface area contributed by atoms with E-state index in [4.69, 9.17) is 4.74 Å². The Hall–Kier alpha value is -1.07. The largest absolute Gasteiger partial charge is 0.493 e. The molecule has 5 heteroatoms. The summed E-state index contributed by atoms with van der Waals surface area (Å²) in [6.07, 6.45) is 5.47. The summed E-state index contributed by atoms with van der Waals surface area (Å²) in [5.41, 5.74) is 1.00. The molecule has 1 aliphatic heterocycles. The second-order valence-electron chi connectivity index (χ2n) is 6.19. The van der Waals surface area contributed by atoms with Gasteiger partial charge in [0.15, 0.2) is 0 Å². The van der Waals surface area contributed by atoms with E-state index < -0.39 is 10.0 Å². The van der Waals surface area contributed by atoms with Gasteiger partial charge in [-0.25, -0.2) is 13.1 Å². The van der Waals surface area contributed by atoms with Crippen LogP contribution in [0.1, 0.15) is 31.2 Å². The number of rotatable bonds is 5. The zero-order valence-corrected chi connectivity index (χ0v) is 12.2. The van der Waals surface area contributed by atoms with Gasteiger partial charge in [0.25, 0.3) is 0 Å². The molecule has 0 atom stereocenters. The van der Waals surface area contributed by atoms with Crippen molar-refractivity contribution in [3.8, 4) is 5.75 Å². The summed E-state index contributed by atoms with van der Waals surface area (Å²) in [6, 6.07) is 5.36. The highest BCUT2D eigenvalue weighted by molar-refractivity contribution is 7.89. The molecule has 3 aliphatic rings. The third kappa shape index (κ3) is 2.33. The lowest BCUT2D eigenvalue weighted by atomic mass is 10.1. The van der Waals surface area contributed by atoms with E-state index >= 15 is 0 Å². The molecule has 2 fully saturated rings. The lowest BCUT2D eigenvalue weighted by Gasteiger charge is -2.18. The van der Waals surface area contributed by atoms with Gasteiger partial charge < -0.3 is 4.74 Å². The van der Waals surface area contributed by atoms with Crippen molar-refractivity contribution < 1.29 is 13.2 Å². The summed E-state index contributed by atoms with van der Waals surface area (Å²) in [6.45, 7) is 0.652. The monoisotopic (exact) mass is 293 g/mol. The van der Waals surface area contributed by atoms with Crippen molar-refractivity contribution in [2.75, 3.05) is 6.61 Å². The molecule has 20 heavy (non-hydrogen) atoms. The number of fused-ring (bicyclic) bond motifs is 1. The smallest absolute Gasteiger partial charge is 0.240 e. The number of hydrogen-bond donors (Lipinski definition) is 1. The quantitative estimate of drug-likeness (QED) is 0.904. The maximum absolute atomic E-state index is 12.6. The van der Waals surface area contributed by atoms with E-state index in [2.05, 4.69) is 4.72 Å². The molecule has 4 nitrogen and oxygen atoms in total. The first-order chi connectivity index (χ1) is 9.63. The second kappa shape index (κ2) is 4.46. The molecule has 2 aliphatic carbocycles. The summed E-state index contributed by atoms with van der Waals surface area (Å²) in [7, 11) is -3.40. The van der Waals surface area contributed by atoms with Crippen molar-refractivity contribution in [2.24, 2.45) is 11.8 Å². The Morgan fingerprint density at radius 2 is 1.85 bits per heavy atom. The van der Waals surface area contributed by atoms with Crippen LogP contribution in [-0.4, -0.2) is 21.1 Å². The number of ether oxygens (including phenoxy) is 1. The molecule has 2 saturated carbocycles. The lowest BCUT2D eigenvalue weighted by molar-refractivity contribution is 0.356. The SMILES string of the molecule is O=S(=O)(NC(C1CC1)C1CC1)c1ccc2c(c1)CCO2. The first-order valence-electron chi connectivity index (χ1n) is 7.41. The summed E-state index contributed by atoms with van der Waals surface area (Å²) in [5.74, 6) is 1.95. The summed E-state index contributed by atoms with van der Waals surface area (Å²) in [4.78, 5) is 0.382. The molecule has 1 aromatic carbocycles. The van der Waals surface area contributed by atoms with Gasteiger partial charge in [-0.3, -0.25) is 0 Å². The van der Waals surface area contributed by atoms with E-state index in [1.165, 1.54) is 25.7 Å². The van der Waals surface area contributed by atoms with E-state index in [1.54, 1.807) is 18.2 Å². The van der Waals surface area contributed by atoms with Crippen molar-refractivity contribution in [1.82, 2.24) is 4.72 Å². The van der Waals surface area contributed by atoms with E-state index in [1.807, 2.05) is 0 Å². The molecule has 1 heterocycles. The van der Waals surface area contributed by atoms with Gasteiger partial charge in [0.1, 0.15) is 5.75 Å². The highest BCUT2D eigenvalue weighted by Gasteiger charge is 2.43. The maximum Gasteiger partial charge on any atom is 0.240 e. The van der Waals surface area contributed by atoms with E-state index in [-0.39, 0.29) is 6.04 Å². The molecule has 0 radical (unpaired) electrons. The lowest BCUT2D eigenvalue weighted by Crippen LogP contribution is -2.38. The van der Waals surface area contributed by atoms with Crippen LogP contribution in [0.4, 0.5) is 0 Å². The van der Waals surface area contributed by atoms with Crippen molar-refractivity contribution in [3.05, 3.63) is 23.8 Å².